The molecule has 6 rings (SSSR count). The molecular formula is C30H23F6N5O2. The third-order valence-electron chi connectivity index (χ3n) is 7.82. The first-order valence-corrected chi connectivity index (χ1v) is 13.3. The number of hydrogen-bond acceptors (Lipinski definition) is 4. The summed E-state index contributed by atoms with van der Waals surface area (Å²) < 4.78 is 84.6. The monoisotopic (exact) mass is 599 g/mol. The van der Waals surface area contributed by atoms with E-state index in [1.165, 1.54) is 18.3 Å². The zero-order chi connectivity index (χ0) is 30.6. The highest BCUT2D eigenvalue weighted by molar-refractivity contribution is 5.94. The number of hydrogen-bond donors (Lipinski definition) is 2. The van der Waals surface area contributed by atoms with Gasteiger partial charge < -0.3 is 11.1 Å². The van der Waals surface area contributed by atoms with E-state index in [1.807, 2.05) is 0 Å². The van der Waals surface area contributed by atoms with E-state index in [0.29, 0.717) is 35.7 Å². The minimum atomic E-state index is -4.67. The van der Waals surface area contributed by atoms with Crippen LogP contribution in [0.5, 0.6) is 0 Å². The van der Waals surface area contributed by atoms with Gasteiger partial charge in [0.2, 0.25) is 5.91 Å². The van der Waals surface area contributed by atoms with Crippen molar-refractivity contribution in [2.75, 3.05) is 0 Å². The van der Waals surface area contributed by atoms with Crippen molar-refractivity contribution in [3.63, 3.8) is 0 Å². The second kappa shape index (κ2) is 10.5. The number of fused-ring (bicyclic) bond motifs is 3. The van der Waals surface area contributed by atoms with Crippen molar-refractivity contribution in [1.29, 1.82) is 0 Å². The number of carbonyl (C=O) groups is 2. The molecule has 0 saturated heterocycles. The van der Waals surface area contributed by atoms with E-state index in [0.717, 1.165) is 22.9 Å². The van der Waals surface area contributed by atoms with Crippen LogP contribution in [0.15, 0.2) is 54.7 Å². The van der Waals surface area contributed by atoms with Gasteiger partial charge in [0.05, 0.1) is 17.3 Å². The summed E-state index contributed by atoms with van der Waals surface area (Å²) >= 11 is 0. The van der Waals surface area contributed by atoms with Crippen molar-refractivity contribution in [3.05, 3.63) is 106 Å². The molecule has 2 amide bonds. The maximum atomic E-state index is 14.2. The van der Waals surface area contributed by atoms with Gasteiger partial charge in [-0.25, -0.2) is 13.2 Å². The molecule has 0 spiro atoms. The predicted molar refractivity (Wildman–Crippen MR) is 141 cm³/mol. The second-order valence-electron chi connectivity index (χ2n) is 10.8. The van der Waals surface area contributed by atoms with Gasteiger partial charge >= 0.3 is 6.18 Å². The van der Waals surface area contributed by atoms with Crippen molar-refractivity contribution < 1.29 is 35.9 Å². The van der Waals surface area contributed by atoms with Gasteiger partial charge in [-0.2, -0.15) is 18.3 Å². The van der Waals surface area contributed by atoms with Gasteiger partial charge in [-0.05, 0) is 72.6 Å². The van der Waals surface area contributed by atoms with Crippen LogP contribution in [0.2, 0.25) is 0 Å². The van der Waals surface area contributed by atoms with Crippen molar-refractivity contribution in [3.8, 4) is 11.1 Å². The highest BCUT2D eigenvalue weighted by atomic mass is 19.4. The SMILES string of the molecule is NC(=O)c1cc(-c2cccnc2[C@H](Cc2cc(F)cc(F)c2)NC(=O)Cn2nc(C(F)(F)F)c3c2C[C@@H]2CC32)ccc1F. The fourth-order valence-corrected chi connectivity index (χ4v) is 5.91. The van der Waals surface area contributed by atoms with Gasteiger partial charge in [-0.15, -0.1) is 0 Å². The molecule has 2 aliphatic carbocycles. The van der Waals surface area contributed by atoms with E-state index in [1.54, 1.807) is 12.1 Å². The first-order chi connectivity index (χ1) is 20.4. The number of rotatable bonds is 8. The van der Waals surface area contributed by atoms with Crippen molar-refractivity contribution in [2.45, 2.75) is 43.9 Å². The lowest BCUT2D eigenvalue weighted by Gasteiger charge is -2.22. The molecule has 0 bridgehead atoms. The number of nitrogens with zero attached hydrogens (tertiary/aromatic N) is 3. The van der Waals surface area contributed by atoms with E-state index < -0.39 is 53.7 Å². The molecule has 2 aromatic heterocycles. The van der Waals surface area contributed by atoms with Crippen LogP contribution in [0.4, 0.5) is 26.3 Å². The van der Waals surface area contributed by atoms with Gasteiger partial charge in [0.25, 0.3) is 5.91 Å². The molecule has 0 aliphatic heterocycles. The predicted octanol–water partition coefficient (Wildman–Crippen LogP) is 5.24. The highest BCUT2D eigenvalue weighted by Crippen LogP contribution is 2.59. The Bertz CT molecular complexity index is 1750. The molecule has 222 valence electrons. The lowest BCUT2D eigenvalue weighted by Crippen LogP contribution is -2.34. The lowest BCUT2D eigenvalue weighted by atomic mass is 9.94. The van der Waals surface area contributed by atoms with E-state index in [9.17, 15) is 35.9 Å². The highest BCUT2D eigenvalue weighted by Gasteiger charge is 2.53. The van der Waals surface area contributed by atoms with Crippen LogP contribution in [0, 0.1) is 23.4 Å². The Morgan fingerprint density at radius 3 is 2.51 bits per heavy atom. The molecule has 4 aromatic rings. The Labute approximate surface area is 240 Å². The summed E-state index contributed by atoms with van der Waals surface area (Å²) in [5.41, 5.74) is 5.49. The summed E-state index contributed by atoms with van der Waals surface area (Å²) in [4.78, 5) is 29.5. The molecule has 1 saturated carbocycles. The summed E-state index contributed by atoms with van der Waals surface area (Å²) in [5.74, 6) is -4.37. The molecule has 2 heterocycles. The van der Waals surface area contributed by atoms with Crippen molar-refractivity contribution in [1.82, 2.24) is 20.1 Å². The maximum absolute atomic E-state index is 14.2. The van der Waals surface area contributed by atoms with Crippen LogP contribution in [-0.2, 0) is 30.4 Å². The summed E-state index contributed by atoms with van der Waals surface area (Å²) in [7, 11) is 0. The maximum Gasteiger partial charge on any atom is 0.435 e. The third kappa shape index (κ3) is 5.58. The smallest absolute Gasteiger partial charge is 0.366 e. The van der Waals surface area contributed by atoms with Crippen LogP contribution in [0.25, 0.3) is 11.1 Å². The Kier molecular flexibility index (Phi) is 6.98. The largest absolute Gasteiger partial charge is 0.435 e. The average Bonchev–Trinajstić information content (AvgIpc) is 3.45. The molecule has 1 fully saturated rings. The van der Waals surface area contributed by atoms with Crippen LogP contribution in [0.3, 0.4) is 0 Å². The molecular weight excluding hydrogens is 576 g/mol. The average molecular weight is 600 g/mol. The number of benzene rings is 2. The van der Waals surface area contributed by atoms with Gasteiger partial charge in [-0.3, -0.25) is 19.3 Å². The van der Waals surface area contributed by atoms with Gasteiger partial charge in [0.15, 0.2) is 5.69 Å². The lowest BCUT2D eigenvalue weighted by molar-refractivity contribution is -0.142. The summed E-state index contributed by atoms with van der Waals surface area (Å²) in [6, 6.07) is 8.59. The molecule has 3 atom stereocenters. The van der Waals surface area contributed by atoms with E-state index in [4.69, 9.17) is 5.73 Å². The zero-order valence-corrected chi connectivity index (χ0v) is 22.3. The first kappa shape index (κ1) is 28.4. The number of pyridine rings is 1. The molecule has 7 nitrogen and oxygen atoms in total. The van der Waals surface area contributed by atoms with Crippen molar-refractivity contribution in [2.24, 2.45) is 11.7 Å². The van der Waals surface area contributed by atoms with Crippen LogP contribution < -0.4 is 11.1 Å². The summed E-state index contributed by atoms with van der Waals surface area (Å²) in [6.45, 7) is -0.531. The van der Waals surface area contributed by atoms with Crippen LogP contribution in [-0.4, -0.2) is 26.6 Å². The third-order valence-corrected chi connectivity index (χ3v) is 7.82. The molecule has 3 N–H and O–H groups in total. The molecule has 1 unspecified atom stereocenters. The molecule has 13 heteroatoms. The Morgan fingerprint density at radius 1 is 1.07 bits per heavy atom. The Hall–Kier alpha value is -4.68. The normalized spacial score (nSPS) is 17.7. The molecule has 2 aromatic carbocycles. The molecule has 0 radical (unpaired) electrons. The zero-order valence-electron chi connectivity index (χ0n) is 22.3. The van der Waals surface area contributed by atoms with Gasteiger partial charge in [0.1, 0.15) is 24.0 Å². The fourth-order valence-electron chi connectivity index (χ4n) is 5.91. The minimum absolute atomic E-state index is 0.108. The quantitative estimate of drug-likeness (QED) is 0.271. The summed E-state index contributed by atoms with van der Waals surface area (Å²) in [6.07, 6.45) is -2.38. The number of amides is 2. The van der Waals surface area contributed by atoms with Crippen LogP contribution in [0.1, 0.15) is 56.9 Å². The van der Waals surface area contributed by atoms with Gasteiger partial charge in [0, 0.05) is 29.1 Å². The fraction of sp³-hybridized carbons (Fsp3) is 0.267. The number of nitrogens with one attached hydrogen (secondary N) is 1. The number of carbonyl (C=O) groups excluding carboxylic acids is 2. The van der Waals surface area contributed by atoms with E-state index >= 15 is 0 Å². The van der Waals surface area contributed by atoms with E-state index in [2.05, 4.69) is 15.4 Å². The Balaban J connectivity index is 1.36. The number of halogens is 6. The first-order valence-electron chi connectivity index (χ1n) is 13.3. The van der Waals surface area contributed by atoms with Crippen molar-refractivity contribution >= 4 is 11.8 Å². The Morgan fingerprint density at radius 2 is 1.81 bits per heavy atom. The molecule has 43 heavy (non-hydrogen) atoms. The second-order valence-corrected chi connectivity index (χ2v) is 10.8. The van der Waals surface area contributed by atoms with E-state index in [-0.39, 0.29) is 40.6 Å². The number of alkyl halides is 3. The summed E-state index contributed by atoms with van der Waals surface area (Å²) in [5, 5.41) is 6.48. The molecule has 2 aliphatic rings. The number of aromatic nitrogens is 3. The minimum Gasteiger partial charge on any atom is -0.366 e. The van der Waals surface area contributed by atoms with Crippen LogP contribution >= 0.6 is 0 Å². The van der Waals surface area contributed by atoms with Gasteiger partial charge in [-0.1, -0.05) is 12.1 Å². The topological polar surface area (TPSA) is 103 Å². The number of primary amides is 1. The number of nitrogens with two attached hydrogens (primary N) is 1. The standard InChI is InChI=1S/C30H23F6N5O2/c31-17-6-14(7-18(32)12-17)8-23(27-19(2-1-5-38-27)15-3-4-22(33)21(9-15)29(37)43)39-25(42)13-41-24-11-16-10-20(16)26(24)28(40-41)30(34,35)36/h1-7,9,12,16,20,23H,8,10-11,13H2,(H2,37,43)(H,39,42)/t16-,20?,23-/m0/s1.